The Bertz CT molecular complexity index is 847. The van der Waals surface area contributed by atoms with E-state index in [2.05, 4.69) is 6.07 Å². The molecule has 0 saturated carbocycles. The van der Waals surface area contributed by atoms with Crippen LogP contribution in [0.25, 0.3) is 0 Å². The molecule has 0 radical (unpaired) electrons. The average Bonchev–Trinajstić information content (AvgIpc) is 2.59. The van der Waals surface area contributed by atoms with Crippen LogP contribution < -0.4 is 0 Å². The zero-order valence-electron chi connectivity index (χ0n) is 15.2. The van der Waals surface area contributed by atoms with Gasteiger partial charge in [0.1, 0.15) is 0 Å². The molecule has 1 atom stereocenters. The summed E-state index contributed by atoms with van der Waals surface area (Å²) in [4.78, 5) is 26.5. The summed E-state index contributed by atoms with van der Waals surface area (Å²) in [5, 5.41) is 0.609. The molecule has 0 aromatic heterocycles. The number of benzene rings is 2. The summed E-state index contributed by atoms with van der Waals surface area (Å²) in [6.07, 6.45) is 0.749. The van der Waals surface area contributed by atoms with Crippen LogP contribution in [-0.4, -0.2) is 28.9 Å². The minimum absolute atomic E-state index is 0.230. The van der Waals surface area contributed by atoms with E-state index in [1.165, 1.54) is 12.5 Å². The van der Waals surface area contributed by atoms with Crippen molar-refractivity contribution in [1.82, 2.24) is 4.90 Å². The van der Waals surface area contributed by atoms with E-state index in [-0.39, 0.29) is 11.9 Å². The van der Waals surface area contributed by atoms with Crippen molar-refractivity contribution in [3.8, 4) is 0 Å². The third-order valence-electron chi connectivity index (χ3n) is 4.66. The topological polar surface area (TPSA) is 46.6 Å². The molecule has 5 heteroatoms. The number of carbonyl (C=O) groups is 2. The molecule has 136 valence electrons. The van der Waals surface area contributed by atoms with Gasteiger partial charge in [-0.3, -0.25) is 9.59 Å². The molecule has 0 spiro atoms. The molecular weight excluding hydrogens is 350 g/mol. The van der Waals surface area contributed by atoms with Gasteiger partial charge in [-0.1, -0.05) is 54.1 Å². The number of hydrogen-bond acceptors (Lipinski definition) is 3. The smallest absolute Gasteiger partial charge is 0.303 e. The van der Waals surface area contributed by atoms with E-state index >= 15 is 0 Å². The lowest BCUT2D eigenvalue weighted by atomic mass is 9.87. The van der Waals surface area contributed by atoms with E-state index in [4.69, 9.17) is 16.3 Å². The monoisotopic (exact) mass is 371 g/mol. The molecule has 1 aliphatic heterocycles. The van der Waals surface area contributed by atoms with E-state index in [0.29, 0.717) is 11.6 Å². The van der Waals surface area contributed by atoms with Crippen LogP contribution in [0.4, 0.5) is 0 Å². The highest BCUT2D eigenvalue weighted by molar-refractivity contribution is 6.31. The highest BCUT2D eigenvalue weighted by Crippen LogP contribution is 2.39. The Morgan fingerprint density at radius 2 is 1.69 bits per heavy atom. The van der Waals surface area contributed by atoms with Gasteiger partial charge in [0.15, 0.2) is 5.60 Å². The normalized spacial score (nSPS) is 16.8. The fourth-order valence-corrected chi connectivity index (χ4v) is 3.81. The molecule has 0 bridgehead atoms. The molecule has 0 N–H and O–H groups in total. The van der Waals surface area contributed by atoms with Crippen molar-refractivity contribution in [3.05, 3.63) is 70.2 Å². The van der Waals surface area contributed by atoms with Crippen LogP contribution in [-0.2, 0) is 20.7 Å². The fourth-order valence-electron chi connectivity index (χ4n) is 3.57. The summed E-state index contributed by atoms with van der Waals surface area (Å²) in [5.41, 5.74) is 1.89. The van der Waals surface area contributed by atoms with Crippen molar-refractivity contribution in [3.63, 3.8) is 0 Å². The standard InChI is InChI=1S/C21H22ClNO3/c1-14(24)26-21(2,3)20(25)23-13-12-15-8-4-5-9-16(15)19(23)17-10-6-7-11-18(17)22/h4-11,19H,12-13H2,1-3H3. The molecule has 1 aliphatic rings. The van der Waals surface area contributed by atoms with Gasteiger partial charge in [-0.25, -0.2) is 0 Å². The second-order valence-corrected chi connectivity index (χ2v) is 7.38. The van der Waals surface area contributed by atoms with Gasteiger partial charge in [-0.15, -0.1) is 0 Å². The number of amides is 1. The molecule has 1 unspecified atom stereocenters. The third kappa shape index (κ3) is 3.47. The number of fused-ring (bicyclic) bond motifs is 1. The molecule has 2 aromatic carbocycles. The van der Waals surface area contributed by atoms with Gasteiger partial charge in [-0.2, -0.15) is 0 Å². The Labute approximate surface area is 158 Å². The minimum Gasteiger partial charge on any atom is -0.450 e. The summed E-state index contributed by atoms with van der Waals surface area (Å²) < 4.78 is 5.29. The van der Waals surface area contributed by atoms with Crippen molar-refractivity contribution in [2.75, 3.05) is 6.54 Å². The molecule has 4 nitrogen and oxygen atoms in total. The van der Waals surface area contributed by atoms with Crippen LogP contribution in [0.3, 0.4) is 0 Å². The molecule has 26 heavy (non-hydrogen) atoms. The van der Waals surface area contributed by atoms with Crippen LogP contribution >= 0.6 is 11.6 Å². The summed E-state index contributed by atoms with van der Waals surface area (Å²) in [6, 6.07) is 15.3. The molecule has 1 amide bonds. The zero-order valence-corrected chi connectivity index (χ0v) is 15.9. The first-order chi connectivity index (χ1) is 12.3. The predicted octanol–water partition coefficient (Wildman–Crippen LogP) is 4.16. The van der Waals surface area contributed by atoms with Crippen LogP contribution in [0, 0.1) is 0 Å². The number of esters is 1. The zero-order chi connectivity index (χ0) is 18.9. The van der Waals surface area contributed by atoms with Crippen molar-refractivity contribution < 1.29 is 14.3 Å². The molecule has 3 rings (SSSR count). The van der Waals surface area contributed by atoms with Gasteiger partial charge in [0.05, 0.1) is 6.04 Å². The summed E-state index contributed by atoms with van der Waals surface area (Å²) >= 11 is 6.47. The van der Waals surface area contributed by atoms with Gasteiger partial charge < -0.3 is 9.64 Å². The summed E-state index contributed by atoms with van der Waals surface area (Å²) in [7, 11) is 0. The van der Waals surface area contributed by atoms with E-state index in [0.717, 1.165) is 17.5 Å². The van der Waals surface area contributed by atoms with E-state index in [1.54, 1.807) is 18.7 Å². The van der Waals surface area contributed by atoms with E-state index in [1.807, 2.05) is 42.5 Å². The lowest BCUT2D eigenvalue weighted by Crippen LogP contribution is -2.51. The molecular formula is C21H22ClNO3. The van der Waals surface area contributed by atoms with Crippen LogP contribution in [0.15, 0.2) is 48.5 Å². The predicted molar refractivity (Wildman–Crippen MR) is 101 cm³/mol. The number of hydrogen-bond donors (Lipinski definition) is 0. The van der Waals surface area contributed by atoms with Gasteiger partial charge >= 0.3 is 5.97 Å². The van der Waals surface area contributed by atoms with Crippen LogP contribution in [0.5, 0.6) is 0 Å². The first-order valence-electron chi connectivity index (χ1n) is 8.64. The second-order valence-electron chi connectivity index (χ2n) is 6.98. The van der Waals surface area contributed by atoms with Crippen LogP contribution in [0.2, 0.25) is 5.02 Å². The Kier molecular flexibility index (Phi) is 5.05. The molecule has 0 fully saturated rings. The quantitative estimate of drug-likeness (QED) is 0.761. The lowest BCUT2D eigenvalue weighted by molar-refractivity contribution is -0.169. The number of ether oxygens (including phenoxy) is 1. The fraction of sp³-hybridized carbons (Fsp3) is 0.333. The van der Waals surface area contributed by atoms with Gasteiger partial charge in [0.25, 0.3) is 5.91 Å². The van der Waals surface area contributed by atoms with E-state index in [9.17, 15) is 9.59 Å². The van der Waals surface area contributed by atoms with Gasteiger partial charge in [0.2, 0.25) is 0 Å². The second kappa shape index (κ2) is 7.12. The van der Waals surface area contributed by atoms with Crippen molar-refractivity contribution in [2.24, 2.45) is 0 Å². The first kappa shape index (κ1) is 18.5. The molecule has 0 aliphatic carbocycles. The Balaban J connectivity index is 2.09. The molecule has 2 aromatic rings. The number of rotatable bonds is 3. The minimum atomic E-state index is -1.24. The first-order valence-corrected chi connectivity index (χ1v) is 9.02. The van der Waals surface area contributed by atoms with Gasteiger partial charge in [0, 0.05) is 18.5 Å². The summed E-state index contributed by atoms with van der Waals surface area (Å²) in [6.45, 7) is 5.10. The van der Waals surface area contributed by atoms with E-state index < -0.39 is 11.6 Å². The maximum absolute atomic E-state index is 13.3. The SMILES string of the molecule is CC(=O)OC(C)(C)C(=O)N1CCc2ccccc2C1c1ccccc1Cl. The largest absolute Gasteiger partial charge is 0.450 e. The maximum Gasteiger partial charge on any atom is 0.303 e. The maximum atomic E-state index is 13.3. The van der Waals surface area contributed by atoms with Crippen molar-refractivity contribution in [1.29, 1.82) is 0 Å². The van der Waals surface area contributed by atoms with Crippen LogP contribution in [0.1, 0.15) is 43.5 Å². The average molecular weight is 372 g/mol. The van der Waals surface area contributed by atoms with Crippen molar-refractivity contribution >= 4 is 23.5 Å². The van der Waals surface area contributed by atoms with Gasteiger partial charge in [-0.05, 0) is 43.0 Å². The summed E-state index contributed by atoms with van der Waals surface area (Å²) in [5.74, 6) is -0.706. The Hall–Kier alpha value is -2.33. The number of nitrogens with zero attached hydrogens (tertiary/aromatic N) is 1. The third-order valence-corrected chi connectivity index (χ3v) is 5.00. The number of carbonyl (C=O) groups excluding carboxylic acids is 2. The highest BCUT2D eigenvalue weighted by Gasteiger charge is 2.41. The number of halogens is 1. The Morgan fingerprint density at radius 3 is 2.35 bits per heavy atom. The lowest BCUT2D eigenvalue weighted by Gasteiger charge is -2.41. The Morgan fingerprint density at radius 1 is 1.08 bits per heavy atom. The molecule has 0 saturated heterocycles. The highest BCUT2D eigenvalue weighted by atomic mass is 35.5. The van der Waals surface area contributed by atoms with Crippen molar-refractivity contribution in [2.45, 2.75) is 38.8 Å². The molecule has 1 heterocycles.